The number of rotatable bonds is 4. The molecule has 1 heterocycles. The van der Waals surface area contributed by atoms with E-state index in [4.69, 9.17) is 4.52 Å². The third-order valence-corrected chi connectivity index (χ3v) is 7.44. The smallest absolute Gasteiger partial charge is 0.127 e. The molecule has 2 unspecified atom stereocenters. The van der Waals surface area contributed by atoms with Crippen molar-refractivity contribution in [2.75, 3.05) is 0 Å². The summed E-state index contributed by atoms with van der Waals surface area (Å²) in [6, 6.07) is 7.70. The van der Waals surface area contributed by atoms with Crippen molar-refractivity contribution >= 4 is 29.4 Å². The van der Waals surface area contributed by atoms with Crippen molar-refractivity contribution in [1.82, 2.24) is 5.16 Å². The lowest BCUT2D eigenvalue weighted by Crippen LogP contribution is -2.36. The molecule has 1 aromatic heterocycles. The fourth-order valence-electron chi connectivity index (χ4n) is 3.27. The minimum absolute atomic E-state index is 0.115. The Morgan fingerprint density at radius 2 is 2.00 bits per heavy atom. The molecule has 134 valence electrons. The molecule has 25 heavy (non-hydrogen) atoms. The van der Waals surface area contributed by atoms with Gasteiger partial charge in [-0.1, -0.05) is 58.9 Å². The van der Waals surface area contributed by atoms with E-state index in [-0.39, 0.29) is 11.7 Å². The highest BCUT2D eigenvalue weighted by Crippen LogP contribution is 2.39. The maximum absolute atomic E-state index is 13.8. The SMILES string of the molecule is Cc1ccc(CC2C=C(Br)C(c3cc([Si](C)(C)C)on3)CC2)cc1F. The Kier molecular flexibility index (Phi) is 5.35. The molecule has 0 spiro atoms. The van der Waals surface area contributed by atoms with Crippen molar-refractivity contribution < 1.29 is 8.91 Å². The Labute approximate surface area is 158 Å². The van der Waals surface area contributed by atoms with Gasteiger partial charge in [0.15, 0.2) is 0 Å². The van der Waals surface area contributed by atoms with E-state index in [1.165, 1.54) is 4.48 Å². The summed E-state index contributed by atoms with van der Waals surface area (Å²) in [5.41, 5.74) is 2.79. The first-order valence-electron chi connectivity index (χ1n) is 8.83. The Hall–Kier alpha value is -1.20. The van der Waals surface area contributed by atoms with Crippen LogP contribution in [0.4, 0.5) is 4.39 Å². The molecule has 2 aromatic rings. The van der Waals surface area contributed by atoms with Gasteiger partial charge in [0.05, 0.1) is 5.69 Å². The van der Waals surface area contributed by atoms with Crippen molar-refractivity contribution in [3.8, 4) is 0 Å². The van der Waals surface area contributed by atoms with Crippen LogP contribution in [0.2, 0.25) is 19.6 Å². The third kappa shape index (κ3) is 4.32. The standard InChI is InChI=1S/C20H25BrFNOSi/c1-13-5-6-15(11-18(13)22)9-14-7-8-16(17(21)10-14)19-12-20(24-23-19)25(2,3)4/h5-6,10-12,14,16H,7-9H2,1-4H3. The fourth-order valence-corrected chi connectivity index (χ4v) is 5.00. The van der Waals surface area contributed by atoms with Gasteiger partial charge in [-0.05, 0) is 55.4 Å². The van der Waals surface area contributed by atoms with Gasteiger partial charge in [0, 0.05) is 10.4 Å². The first kappa shape index (κ1) is 18.6. The molecule has 0 radical (unpaired) electrons. The summed E-state index contributed by atoms with van der Waals surface area (Å²) in [5, 5.41) is 5.38. The van der Waals surface area contributed by atoms with Gasteiger partial charge in [-0.3, -0.25) is 0 Å². The van der Waals surface area contributed by atoms with Crippen LogP contribution in [0, 0.1) is 18.7 Å². The van der Waals surface area contributed by atoms with Gasteiger partial charge < -0.3 is 4.52 Å². The topological polar surface area (TPSA) is 26.0 Å². The predicted molar refractivity (Wildman–Crippen MR) is 107 cm³/mol. The van der Waals surface area contributed by atoms with Crippen molar-refractivity contribution in [2.24, 2.45) is 5.92 Å². The van der Waals surface area contributed by atoms with Gasteiger partial charge in [0.1, 0.15) is 19.3 Å². The number of aromatic nitrogens is 1. The molecule has 3 rings (SSSR count). The van der Waals surface area contributed by atoms with Crippen LogP contribution in [-0.2, 0) is 6.42 Å². The molecule has 0 bridgehead atoms. The van der Waals surface area contributed by atoms with E-state index in [2.05, 4.69) is 52.9 Å². The summed E-state index contributed by atoms with van der Waals surface area (Å²) in [4.78, 5) is 0. The first-order chi connectivity index (χ1) is 11.7. The minimum atomic E-state index is -1.47. The van der Waals surface area contributed by atoms with Crippen molar-refractivity contribution in [1.29, 1.82) is 0 Å². The lowest BCUT2D eigenvalue weighted by molar-refractivity contribution is 0.419. The lowest BCUT2D eigenvalue weighted by Gasteiger charge is -2.25. The Morgan fingerprint density at radius 1 is 1.24 bits per heavy atom. The summed E-state index contributed by atoms with van der Waals surface area (Å²) in [6.45, 7) is 8.59. The number of aryl methyl sites for hydroxylation is 1. The second-order valence-electron chi connectivity index (χ2n) is 8.10. The molecule has 0 saturated heterocycles. The van der Waals surface area contributed by atoms with E-state index in [0.717, 1.165) is 35.9 Å². The molecule has 0 saturated carbocycles. The summed E-state index contributed by atoms with van der Waals surface area (Å²) >= 11 is 3.75. The zero-order chi connectivity index (χ0) is 18.2. The normalized spacial score (nSPS) is 21.3. The number of hydrogen-bond acceptors (Lipinski definition) is 2. The van der Waals surface area contributed by atoms with Gasteiger partial charge in [0.2, 0.25) is 0 Å². The maximum atomic E-state index is 13.8. The zero-order valence-electron chi connectivity index (χ0n) is 15.3. The van der Waals surface area contributed by atoms with E-state index in [1.54, 1.807) is 13.0 Å². The van der Waals surface area contributed by atoms with Gasteiger partial charge in [-0.2, -0.15) is 0 Å². The molecule has 1 aromatic carbocycles. The van der Waals surface area contributed by atoms with Crippen molar-refractivity contribution in [2.45, 2.75) is 51.7 Å². The number of allylic oxidation sites excluding steroid dienone is 2. The second kappa shape index (κ2) is 7.20. The van der Waals surface area contributed by atoms with Crippen LogP contribution in [0.1, 0.15) is 35.6 Å². The number of hydrogen-bond donors (Lipinski definition) is 0. The predicted octanol–water partition coefficient (Wildman–Crippen LogP) is 5.68. The third-order valence-electron chi connectivity index (χ3n) is 4.91. The lowest BCUT2D eigenvalue weighted by atomic mass is 9.83. The van der Waals surface area contributed by atoms with Crippen LogP contribution in [-0.4, -0.2) is 13.2 Å². The van der Waals surface area contributed by atoms with E-state index in [0.29, 0.717) is 11.5 Å². The van der Waals surface area contributed by atoms with Gasteiger partial charge in [-0.25, -0.2) is 4.39 Å². The molecule has 1 aliphatic carbocycles. The number of halogens is 2. The average Bonchev–Trinajstić information content (AvgIpc) is 3.01. The van der Waals surface area contributed by atoms with Gasteiger partial charge >= 0.3 is 0 Å². The van der Waals surface area contributed by atoms with Crippen LogP contribution in [0.25, 0.3) is 0 Å². The van der Waals surface area contributed by atoms with Crippen molar-refractivity contribution in [3.05, 3.63) is 57.5 Å². The Balaban J connectivity index is 1.72. The molecule has 2 nitrogen and oxygen atoms in total. The average molecular weight is 422 g/mol. The fraction of sp³-hybridized carbons (Fsp3) is 0.450. The first-order valence-corrected chi connectivity index (χ1v) is 13.1. The highest BCUT2D eigenvalue weighted by atomic mass is 79.9. The molecule has 2 atom stereocenters. The summed E-state index contributed by atoms with van der Waals surface area (Å²) in [7, 11) is -1.47. The largest absolute Gasteiger partial charge is 0.366 e. The molecule has 1 aliphatic rings. The van der Waals surface area contributed by atoms with Crippen LogP contribution in [0.5, 0.6) is 0 Å². The maximum Gasteiger partial charge on any atom is 0.127 e. The van der Waals surface area contributed by atoms with Crippen LogP contribution in [0.3, 0.4) is 0 Å². The van der Waals surface area contributed by atoms with E-state index in [9.17, 15) is 4.39 Å². The minimum Gasteiger partial charge on any atom is -0.366 e. The second-order valence-corrected chi connectivity index (χ2v) is 14.0. The molecule has 0 N–H and O–H groups in total. The monoisotopic (exact) mass is 421 g/mol. The highest BCUT2D eigenvalue weighted by molar-refractivity contribution is 9.11. The molecular formula is C20H25BrFNOSi. The molecule has 0 aliphatic heterocycles. The zero-order valence-corrected chi connectivity index (χ0v) is 17.9. The molecule has 5 heteroatoms. The van der Waals surface area contributed by atoms with Gasteiger partial charge in [-0.15, -0.1) is 0 Å². The van der Waals surface area contributed by atoms with E-state index in [1.807, 2.05) is 12.1 Å². The quantitative estimate of drug-likeness (QED) is 0.593. The highest BCUT2D eigenvalue weighted by Gasteiger charge is 2.29. The molecular weight excluding hydrogens is 397 g/mol. The van der Waals surface area contributed by atoms with E-state index < -0.39 is 8.07 Å². The Bertz CT molecular complexity index is 793. The molecule has 0 amide bonds. The van der Waals surface area contributed by atoms with Gasteiger partial charge in [0.25, 0.3) is 0 Å². The summed E-state index contributed by atoms with van der Waals surface area (Å²) in [5.74, 6) is 0.589. The number of nitrogens with zero attached hydrogens (tertiary/aromatic N) is 1. The molecule has 0 fully saturated rings. The van der Waals surface area contributed by atoms with Crippen LogP contribution >= 0.6 is 15.9 Å². The summed E-state index contributed by atoms with van der Waals surface area (Å²) < 4.78 is 20.5. The Morgan fingerprint density at radius 3 is 2.60 bits per heavy atom. The van der Waals surface area contributed by atoms with E-state index >= 15 is 0 Å². The van der Waals surface area contributed by atoms with Crippen molar-refractivity contribution in [3.63, 3.8) is 0 Å². The van der Waals surface area contributed by atoms with Crippen LogP contribution in [0.15, 0.2) is 39.3 Å². The summed E-state index contributed by atoms with van der Waals surface area (Å²) in [6.07, 6.45) is 5.25. The number of benzene rings is 1. The van der Waals surface area contributed by atoms with Crippen LogP contribution < -0.4 is 5.38 Å².